The highest BCUT2D eigenvalue weighted by Crippen LogP contribution is 2.43. The fraction of sp³-hybridized carbons (Fsp3) is 0.409. The summed E-state index contributed by atoms with van der Waals surface area (Å²) in [6.45, 7) is 1.03. The number of benzene rings is 2. The number of nitro groups is 1. The molecule has 0 amide bonds. The molecule has 1 saturated heterocycles. The molecule has 0 radical (unpaired) electrons. The molecule has 8 heteroatoms. The van der Waals surface area contributed by atoms with Crippen LogP contribution in [0.4, 0.5) is 5.69 Å². The number of aromatic nitrogens is 2. The quantitative estimate of drug-likeness (QED) is 0.402. The lowest BCUT2D eigenvalue weighted by molar-refractivity contribution is -0.384. The Morgan fingerprint density at radius 2 is 1.80 bits per heavy atom. The van der Waals surface area contributed by atoms with E-state index in [2.05, 4.69) is 0 Å². The van der Waals surface area contributed by atoms with Crippen molar-refractivity contribution in [2.24, 2.45) is 0 Å². The van der Waals surface area contributed by atoms with Crippen LogP contribution in [0.2, 0.25) is 0 Å². The Kier molecular flexibility index (Phi) is 5.45. The van der Waals surface area contributed by atoms with Gasteiger partial charge in [-0.15, -0.1) is 11.8 Å². The van der Waals surface area contributed by atoms with Crippen molar-refractivity contribution in [3.05, 3.63) is 58.3 Å². The summed E-state index contributed by atoms with van der Waals surface area (Å²) in [5.74, 6) is 0. The zero-order chi connectivity index (χ0) is 20.5. The zero-order valence-electron chi connectivity index (χ0n) is 16.5. The van der Waals surface area contributed by atoms with Gasteiger partial charge in [0, 0.05) is 27.7 Å². The fourth-order valence-electron chi connectivity index (χ4n) is 4.23. The van der Waals surface area contributed by atoms with Crippen LogP contribution >= 0.6 is 11.8 Å². The maximum Gasteiger partial charge on any atom is 0.272 e. The van der Waals surface area contributed by atoms with E-state index in [1.165, 1.54) is 19.3 Å². The van der Waals surface area contributed by atoms with E-state index in [9.17, 15) is 10.1 Å². The van der Waals surface area contributed by atoms with Crippen LogP contribution in [0.15, 0.2) is 47.4 Å². The van der Waals surface area contributed by atoms with Crippen LogP contribution in [-0.4, -0.2) is 33.2 Å². The molecule has 0 spiro atoms. The fourth-order valence-corrected chi connectivity index (χ4v) is 5.67. The van der Waals surface area contributed by atoms with E-state index in [0.29, 0.717) is 29.7 Å². The second-order valence-corrected chi connectivity index (χ2v) is 9.02. The number of non-ortho nitro benzene ring substituents is 1. The van der Waals surface area contributed by atoms with Crippen LogP contribution in [0.3, 0.4) is 0 Å². The van der Waals surface area contributed by atoms with Gasteiger partial charge in [0.25, 0.3) is 5.69 Å². The maximum atomic E-state index is 11.7. The van der Waals surface area contributed by atoms with Gasteiger partial charge in [-0.05, 0) is 25.0 Å². The average Bonchev–Trinajstić information content (AvgIpc) is 3.43. The maximum absolute atomic E-state index is 11.7. The Balaban J connectivity index is 1.71. The molecule has 30 heavy (non-hydrogen) atoms. The van der Waals surface area contributed by atoms with Crippen LogP contribution in [0.25, 0.3) is 16.6 Å². The van der Waals surface area contributed by atoms with Gasteiger partial charge in [0.1, 0.15) is 5.69 Å². The normalized spacial score (nSPS) is 18.3. The molecule has 7 nitrogen and oxygen atoms in total. The van der Waals surface area contributed by atoms with E-state index in [1.807, 2.05) is 30.3 Å². The van der Waals surface area contributed by atoms with E-state index < -0.39 is 6.29 Å². The number of thioether (sulfide) groups is 1. The minimum Gasteiger partial charge on any atom is -0.345 e. The van der Waals surface area contributed by atoms with Crippen molar-refractivity contribution in [1.82, 2.24) is 9.78 Å². The van der Waals surface area contributed by atoms with Gasteiger partial charge < -0.3 is 9.47 Å². The van der Waals surface area contributed by atoms with Crippen LogP contribution in [0, 0.1) is 10.1 Å². The molecule has 0 bridgehead atoms. The number of rotatable bonds is 5. The first-order chi connectivity index (χ1) is 14.7. The molecule has 1 aromatic heterocycles. The number of nitro benzene ring substituents is 1. The smallest absolute Gasteiger partial charge is 0.272 e. The number of nitrogens with zero attached hydrogens (tertiary/aromatic N) is 3. The summed E-state index contributed by atoms with van der Waals surface area (Å²) < 4.78 is 13.3. The third-order valence-corrected chi connectivity index (χ3v) is 7.04. The second kappa shape index (κ2) is 8.37. The minimum atomic E-state index is -0.551. The molecule has 1 saturated carbocycles. The number of fused-ring (bicyclic) bond motifs is 1. The summed E-state index contributed by atoms with van der Waals surface area (Å²) in [6.07, 6.45) is 5.40. The predicted molar refractivity (Wildman–Crippen MR) is 115 cm³/mol. The third-order valence-electron chi connectivity index (χ3n) is 5.66. The molecule has 2 aliphatic rings. The Morgan fingerprint density at radius 3 is 2.50 bits per heavy atom. The highest BCUT2D eigenvalue weighted by atomic mass is 32.2. The Hall–Kier alpha value is -2.42. The van der Waals surface area contributed by atoms with Gasteiger partial charge >= 0.3 is 0 Å². The number of para-hydroxylation sites is 1. The average molecular weight is 426 g/mol. The summed E-state index contributed by atoms with van der Waals surface area (Å²) in [4.78, 5) is 12.3. The van der Waals surface area contributed by atoms with Crippen molar-refractivity contribution >= 4 is 28.4 Å². The van der Waals surface area contributed by atoms with Crippen LogP contribution in [0.1, 0.15) is 44.1 Å². The molecular weight excluding hydrogens is 402 g/mol. The largest absolute Gasteiger partial charge is 0.345 e. The molecule has 2 fully saturated rings. The van der Waals surface area contributed by atoms with Crippen LogP contribution in [-0.2, 0) is 9.47 Å². The molecule has 1 aliphatic carbocycles. The van der Waals surface area contributed by atoms with E-state index in [4.69, 9.17) is 14.6 Å². The van der Waals surface area contributed by atoms with Crippen LogP contribution in [0.5, 0.6) is 0 Å². The van der Waals surface area contributed by atoms with Gasteiger partial charge in [-0.3, -0.25) is 10.1 Å². The summed E-state index contributed by atoms with van der Waals surface area (Å²) in [5.41, 5.74) is 2.33. The van der Waals surface area contributed by atoms with Gasteiger partial charge in [0.05, 0.1) is 29.3 Å². The number of hydrogen-bond donors (Lipinski definition) is 0. The molecule has 156 valence electrons. The van der Waals surface area contributed by atoms with Crippen molar-refractivity contribution in [3.63, 3.8) is 0 Å². The van der Waals surface area contributed by atoms with Crippen molar-refractivity contribution in [2.45, 2.75) is 48.5 Å². The van der Waals surface area contributed by atoms with Gasteiger partial charge in [-0.1, -0.05) is 37.5 Å². The van der Waals surface area contributed by atoms with Gasteiger partial charge in [0.2, 0.25) is 6.29 Å². The monoisotopic (exact) mass is 425 g/mol. The molecule has 0 N–H and O–H groups in total. The van der Waals surface area contributed by atoms with Crippen molar-refractivity contribution in [3.8, 4) is 5.69 Å². The Labute approximate surface area is 178 Å². The van der Waals surface area contributed by atoms with Crippen molar-refractivity contribution in [1.29, 1.82) is 0 Å². The molecular formula is C22H23N3O4S. The lowest BCUT2D eigenvalue weighted by atomic mass is 10.0. The SMILES string of the molecule is O=[N+]([O-])c1cc(SC2CCCCC2)c2c(C3OCCO3)nn(-c3ccccc3)c2c1. The molecule has 1 aliphatic heterocycles. The van der Waals surface area contributed by atoms with Crippen LogP contribution < -0.4 is 0 Å². The standard InChI is InChI=1S/C22H23N3O4S/c26-25(27)16-13-18-20(19(14-16)30-17-9-5-2-6-10-17)21(22-28-11-12-29-22)23-24(18)15-7-3-1-4-8-15/h1,3-4,7-8,13-14,17,22H,2,5-6,9-12H2. The Morgan fingerprint density at radius 1 is 1.07 bits per heavy atom. The molecule has 2 aromatic carbocycles. The number of hydrogen-bond acceptors (Lipinski definition) is 6. The first-order valence-electron chi connectivity index (χ1n) is 10.4. The Bertz CT molecular complexity index is 1060. The third kappa shape index (κ3) is 3.71. The molecule has 5 rings (SSSR count). The summed E-state index contributed by atoms with van der Waals surface area (Å²) in [5, 5.41) is 17.9. The van der Waals surface area contributed by atoms with Crippen molar-refractivity contribution < 1.29 is 14.4 Å². The van der Waals surface area contributed by atoms with E-state index in [1.54, 1.807) is 28.6 Å². The van der Waals surface area contributed by atoms with Gasteiger partial charge in [-0.2, -0.15) is 5.10 Å². The van der Waals surface area contributed by atoms with E-state index in [0.717, 1.165) is 28.8 Å². The topological polar surface area (TPSA) is 79.4 Å². The highest BCUT2D eigenvalue weighted by Gasteiger charge is 2.30. The lowest BCUT2D eigenvalue weighted by Crippen LogP contribution is -2.08. The molecule has 0 atom stereocenters. The summed E-state index contributed by atoms with van der Waals surface area (Å²) in [6, 6.07) is 13.0. The number of ether oxygens (including phenoxy) is 2. The zero-order valence-corrected chi connectivity index (χ0v) is 17.3. The molecule has 3 aromatic rings. The first kappa shape index (κ1) is 19.5. The van der Waals surface area contributed by atoms with Gasteiger partial charge in [-0.25, -0.2) is 4.68 Å². The van der Waals surface area contributed by atoms with Gasteiger partial charge in [0.15, 0.2) is 0 Å². The summed E-state index contributed by atoms with van der Waals surface area (Å²) in [7, 11) is 0. The molecule has 0 unspecified atom stereocenters. The lowest BCUT2D eigenvalue weighted by Gasteiger charge is -2.21. The first-order valence-corrected chi connectivity index (χ1v) is 11.2. The van der Waals surface area contributed by atoms with E-state index >= 15 is 0 Å². The van der Waals surface area contributed by atoms with E-state index in [-0.39, 0.29) is 10.6 Å². The second-order valence-electron chi connectivity index (χ2n) is 7.68. The predicted octanol–water partition coefficient (Wildman–Crippen LogP) is 5.40. The summed E-state index contributed by atoms with van der Waals surface area (Å²) >= 11 is 1.74. The minimum absolute atomic E-state index is 0.0812. The molecule has 2 heterocycles. The highest BCUT2D eigenvalue weighted by molar-refractivity contribution is 8.00. The van der Waals surface area contributed by atoms with Crippen molar-refractivity contribution in [2.75, 3.05) is 13.2 Å².